The number of rotatable bonds is 45. The highest BCUT2D eigenvalue weighted by atomic mass is 16.6. The molecule has 0 fully saturated rings. The molecule has 6 heteroatoms. The first kappa shape index (κ1) is 56.4. The molecule has 0 aromatic carbocycles. The third kappa shape index (κ3) is 44.0. The zero-order valence-electron chi connectivity index (χ0n) is 39.8. The van der Waals surface area contributed by atoms with Crippen molar-refractivity contribution in [3.63, 3.8) is 0 Å². The largest absolute Gasteiger partial charge is 0.462 e. The first-order chi connectivity index (χ1) is 28.1. The molecule has 0 aromatic heterocycles. The van der Waals surface area contributed by atoms with E-state index in [9.17, 15) is 14.4 Å². The van der Waals surface area contributed by atoms with E-state index in [1.54, 1.807) is 0 Å². The van der Waals surface area contributed by atoms with Crippen LogP contribution in [0, 0.1) is 17.8 Å². The van der Waals surface area contributed by atoms with Crippen LogP contribution in [0.2, 0.25) is 0 Å². The van der Waals surface area contributed by atoms with Gasteiger partial charge in [-0.1, -0.05) is 241 Å². The molecule has 6 nitrogen and oxygen atoms in total. The Hall–Kier alpha value is -1.59. The molecule has 0 aliphatic rings. The molecular weight excluding hydrogens is 721 g/mol. The summed E-state index contributed by atoms with van der Waals surface area (Å²) < 4.78 is 16.8. The van der Waals surface area contributed by atoms with Gasteiger partial charge in [-0.25, -0.2) is 0 Å². The highest BCUT2D eigenvalue weighted by Gasteiger charge is 2.19. The average molecular weight is 821 g/mol. The van der Waals surface area contributed by atoms with E-state index < -0.39 is 6.10 Å². The minimum atomic E-state index is -0.763. The highest BCUT2D eigenvalue weighted by Crippen LogP contribution is 2.18. The third-order valence-corrected chi connectivity index (χ3v) is 12.0. The van der Waals surface area contributed by atoms with Crippen LogP contribution in [0.5, 0.6) is 0 Å². The van der Waals surface area contributed by atoms with Crippen molar-refractivity contribution in [3.8, 4) is 0 Å². The summed E-state index contributed by atoms with van der Waals surface area (Å²) in [6.45, 7) is 13.7. The number of carbonyl (C=O) groups is 3. The monoisotopic (exact) mass is 821 g/mol. The Morgan fingerprint density at radius 3 is 0.897 bits per heavy atom. The minimum absolute atomic E-state index is 0.0657. The zero-order chi connectivity index (χ0) is 42.7. The maximum absolute atomic E-state index is 12.8. The molecular formula is C52H100O6. The Balaban J connectivity index is 4.29. The molecule has 0 saturated heterocycles. The number of esters is 3. The number of hydrogen-bond donors (Lipinski definition) is 0. The molecule has 0 heterocycles. The number of hydrogen-bond acceptors (Lipinski definition) is 6. The van der Waals surface area contributed by atoms with Gasteiger partial charge in [0.1, 0.15) is 13.2 Å². The van der Waals surface area contributed by atoms with Gasteiger partial charge in [0.15, 0.2) is 6.10 Å². The second-order valence-corrected chi connectivity index (χ2v) is 19.0. The van der Waals surface area contributed by atoms with Gasteiger partial charge in [0.25, 0.3) is 0 Å². The summed E-state index contributed by atoms with van der Waals surface area (Å²) >= 11 is 0. The average Bonchev–Trinajstić information content (AvgIpc) is 3.19. The Labute approximate surface area is 361 Å². The topological polar surface area (TPSA) is 78.9 Å². The van der Waals surface area contributed by atoms with Gasteiger partial charge < -0.3 is 14.2 Å². The molecule has 0 rings (SSSR count). The van der Waals surface area contributed by atoms with Crippen molar-refractivity contribution in [2.75, 3.05) is 13.2 Å². The van der Waals surface area contributed by atoms with Crippen LogP contribution in [0.4, 0.5) is 0 Å². The van der Waals surface area contributed by atoms with E-state index in [-0.39, 0.29) is 31.1 Å². The van der Waals surface area contributed by atoms with E-state index in [1.165, 1.54) is 161 Å². The smallest absolute Gasteiger partial charge is 0.306 e. The van der Waals surface area contributed by atoms with Gasteiger partial charge in [0.05, 0.1) is 0 Å². The molecule has 0 aliphatic carbocycles. The van der Waals surface area contributed by atoms with Crippen molar-refractivity contribution in [3.05, 3.63) is 0 Å². The van der Waals surface area contributed by atoms with Crippen LogP contribution >= 0.6 is 0 Å². The Morgan fingerprint density at radius 2 is 0.603 bits per heavy atom. The summed E-state index contributed by atoms with van der Waals surface area (Å²) in [5.74, 6) is 1.62. The normalized spacial score (nSPS) is 12.6. The molecule has 0 bridgehead atoms. The predicted octanol–water partition coefficient (Wildman–Crippen LogP) is 16.4. The molecule has 344 valence electrons. The highest BCUT2D eigenvalue weighted by molar-refractivity contribution is 5.71. The van der Waals surface area contributed by atoms with Crippen molar-refractivity contribution in [2.45, 2.75) is 285 Å². The number of carbonyl (C=O) groups excluding carboxylic acids is 3. The van der Waals surface area contributed by atoms with Crippen LogP contribution in [0.25, 0.3) is 0 Å². The van der Waals surface area contributed by atoms with Gasteiger partial charge in [-0.3, -0.25) is 14.4 Å². The summed E-state index contributed by atoms with van der Waals surface area (Å²) in [6, 6.07) is 0. The van der Waals surface area contributed by atoms with E-state index >= 15 is 0 Å². The lowest BCUT2D eigenvalue weighted by molar-refractivity contribution is -0.167. The quantitative estimate of drug-likeness (QED) is 0.0346. The van der Waals surface area contributed by atoms with Gasteiger partial charge in [-0.05, 0) is 37.0 Å². The number of unbranched alkanes of at least 4 members (excludes halogenated alkanes) is 27. The van der Waals surface area contributed by atoms with E-state index in [0.29, 0.717) is 19.3 Å². The zero-order valence-corrected chi connectivity index (χ0v) is 39.8. The lowest BCUT2D eigenvalue weighted by Crippen LogP contribution is -2.30. The van der Waals surface area contributed by atoms with Gasteiger partial charge in [-0.15, -0.1) is 0 Å². The third-order valence-electron chi connectivity index (χ3n) is 12.0. The molecule has 2 atom stereocenters. The van der Waals surface area contributed by atoms with E-state index in [4.69, 9.17) is 14.2 Å². The molecule has 0 aromatic rings. The maximum Gasteiger partial charge on any atom is 0.306 e. The summed E-state index contributed by atoms with van der Waals surface area (Å²) in [5.41, 5.74) is 0. The Kier molecular flexibility index (Phi) is 42.3. The van der Waals surface area contributed by atoms with Crippen LogP contribution < -0.4 is 0 Å². The standard InChI is InChI=1S/C52H100O6/c1-7-48(6)40-34-28-22-17-18-23-29-35-41-50(53)56-44-49(45-57-51(54)42-36-30-25-19-21-27-33-39-47(4)5)58-52(55)43-37-31-24-16-14-12-10-8-9-11-13-15-20-26-32-38-46(2)3/h46-49H,7-45H2,1-6H3/t48?,49-/m1/s1. The van der Waals surface area contributed by atoms with Crippen molar-refractivity contribution < 1.29 is 28.6 Å². The van der Waals surface area contributed by atoms with Gasteiger partial charge in [0, 0.05) is 19.3 Å². The van der Waals surface area contributed by atoms with Gasteiger partial charge >= 0.3 is 17.9 Å². The van der Waals surface area contributed by atoms with E-state index in [2.05, 4.69) is 41.5 Å². The second kappa shape index (κ2) is 43.5. The van der Waals surface area contributed by atoms with Crippen molar-refractivity contribution in [1.29, 1.82) is 0 Å². The van der Waals surface area contributed by atoms with Crippen LogP contribution in [-0.4, -0.2) is 37.2 Å². The van der Waals surface area contributed by atoms with Crippen molar-refractivity contribution in [1.82, 2.24) is 0 Å². The van der Waals surface area contributed by atoms with Crippen LogP contribution in [-0.2, 0) is 28.6 Å². The fourth-order valence-corrected chi connectivity index (χ4v) is 7.73. The number of ether oxygens (including phenoxy) is 3. The summed E-state index contributed by atoms with van der Waals surface area (Å²) in [4.78, 5) is 37.9. The molecule has 0 spiro atoms. The molecule has 0 saturated carbocycles. The SMILES string of the molecule is CCC(C)CCCCCCCCCCC(=O)OC[C@H](COC(=O)CCCCCCCCCC(C)C)OC(=O)CCCCCCCCCCCCCCCCCC(C)C. The molecule has 0 aliphatic heterocycles. The van der Waals surface area contributed by atoms with Gasteiger partial charge in [0.2, 0.25) is 0 Å². The van der Waals surface area contributed by atoms with Crippen molar-refractivity contribution in [2.24, 2.45) is 17.8 Å². The van der Waals surface area contributed by atoms with Crippen molar-refractivity contribution >= 4 is 17.9 Å². The summed E-state index contributed by atoms with van der Waals surface area (Å²) in [6.07, 6.45) is 42.4. The first-order valence-corrected chi connectivity index (χ1v) is 25.6. The van der Waals surface area contributed by atoms with Crippen LogP contribution in [0.15, 0.2) is 0 Å². The van der Waals surface area contributed by atoms with Crippen LogP contribution in [0.1, 0.15) is 279 Å². The molecule has 58 heavy (non-hydrogen) atoms. The van der Waals surface area contributed by atoms with Gasteiger partial charge in [-0.2, -0.15) is 0 Å². The summed E-state index contributed by atoms with van der Waals surface area (Å²) in [7, 11) is 0. The van der Waals surface area contributed by atoms with Crippen LogP contribution in [0.3, 0.4) is 0 Å². The molecule has 0 amide bonds. The molecule has 0 N–H and O–H groups in total. The van der Waals surface area contributed by atoms with E-state index in [1.807, 2.05) is 0 Å². The Morgan fingerprint density at radius 1 is 0.345 bits per heavy atom. The molecule has 1 unspecified atom stereocenters. The maximum atomic E-state index is 12.8. The van der Waals surface area contributed by atoms with E-state index in [0.717, 1.165) is 75.5 Å². The lowest BCUT2D eigenvalue weighted by atomic mass is 9.99. The summed E-state index contributed by atoms with van der Waals surface area (Å²) in [5, 5.41) is 0. The Bertz CT molecular complexity index is 900. The first-order valence-electron chi connectivity index (χ1n) is 25.6. The minimum Gasteiger partial charge on any atom is -0.462 e. The lowest BCUT2D eigenvalue weighted by Gasteiger charge is -2.18. The second-order valence-electron chi connectivity index (χ2n) is 19.0. The fraction of sp³-hybridized carbons (Fsp3) is 0.942. The molecule has 0 radical (unpaired) electrons. The fourth-order valence-electron chi connectivity index (χ4n) is 7.73. The predicted molar refractivity (Wildman–Crippen MR) is 247 cm³/mol.